The molecule has 0 N–H and O–H groups in total. The van der Waals surface area contributed by atoms with E-state index in [9.17, 15) is 13.2 Å². The maximum Gasteiger partial charge on any atom is 0.243 e. The summed E-state index contributed by atoms with van der Waals surface area (Å²) in [5.74, 6) is 1.25. The van der Waals surface area contributed by atoms with Crippen molar-refractivity contribution in [1.82, 2.24) is 14.1 Å². The first-order valence-electron chi connectivity index (χ1n) is 10.3. The van der Waals surface area contributed by atoms with Crippen molar-refractivity contribution in [1.29, 1.82) is 0 Å². The zero-order chi connectivity index (χ0) is 20.5. The predicted octanol–water partition coefficient (Wildman–Crippen LogP) is 2.19. The summed E-state index contributed by atoms with van der Waals surface area (Å²) in [5, 5.41) is 0. The Bertz CT molecular complexity index is 776. The van der Waals surface area contributed by atoms with E-state index in [0.29, 0.717) is 42.9 Å². The molecule has 0 aliphatic carbocycles. The summed E-state index contributed by atoms with van der Waals surface area (Å²) in [4.78, 5) is 17.4. The number of carbonyl (C=O) groups excluding carboxylic acids is 1. The second-order valence-electron chi connectivity index (χ2n) is 8.62. The lowest BCUT2D eigenvalue weighted by Gasteiger charge is -2.41. The highest BCUT2D eigenvalue weighted by Gasteiger charge is 2.34. The van der Waals surface area contributed by atoms with Crippen LogP contribution >= 0.6 is 0 Å². The van der Waals surface area contributed by atoms with Gasteiger partial charge in [0.2, 0.25) is 15.9 Å². The fraction of sp³-hybridized carbons (Fsp3) is 0.667. The maximum absolute atomic E-state index is 13.0. The molecule has 2 heterocycles. The van der Waals surface area contributed by atoms with Crippen molar-refractivity contribution in [3.8, 4) is 0 Å². The number of benzene rings is 1. The second-order valence-corrected chi connectivity index (χ2v) is 10.6. The van der Waals surface area contributed by atoms with Gasteiger partial charge in [0.1, 0.15) is 0 Å². The number of piperazine rings is 1. The minimum atomic E-state index is -3.47. The number of nitrogens with zero attached hydrogens (tertiary/aromatic N) is 3. The number of sulfonamides is 1. The van der Waals surface area contributed by atoms with Crippen molar-refractivity contribution < 1.29 is 13.2 Å². The molecule has 0 bridgehead atoms. The minimum Gasteiger partial charge on any atom is -0.341 e. The van der Waals surface area contributed by atoms with Gasteiger partial charge in [0.05, 0.1) is 10.9 Å². The van der Waals surface area contributed by atoms with Gasteiger partial charge in [-0.05, 0) is 44.2 Å². The molecule has 0 aromatic heterocycles. The zero-order valence-electron chi connectivity index (χ0n) is 17.5. The molecule has 1 amide bonds. The third kappa shape index (κ3) is 4.58. The fourth-order valence-electron chi connectivity index (χ4n) is 4.45. The van der Waals surface area contributed by atoms with E-state index in [1.54, 1.807) is 12.1 Å². The highest BCUT2D eigenvalue weighted by molar-refractivity contribution is 7.89. The summed E-state index contributed by atoms with van der Waals surface area (Å²) in [5.41, 5.74) is 1.04. The first kappa shape index (κ1) is 21.3. The van der Waals surface area contributed by atoms with Crippen LogP contribution in [0.15, 0.2) is 29.2 Å². The lowest BCUT2D eigenvalue weighted by molar-refractivity contribution is -0.139. The van der Waals surface area contributed by atoms with Crippen LogP contribution in [0.5, 0.6) is 0 Å². The van der Waals surface area contributed by atoms with Crippen LogP contribution in [0.4, 0.5) is 0 Å². The first-order chi connectivity index (χ1) is 13.2. The van der Waals surface area contributed by atoms with Gasteiger partial charge in [-0.1, -0.05) is 31.5 Å². The number of likely N-dealkylation sites (tertiary alicyclic amines) is 1. The first-order valence-corrected chi connectivity index (χ1v) is 11.7. The average Bonchev–Trinajstić information content (AvgIpc) is 2.66. The minimum absolute atomic E-state index is 0.174. The van der Waals surface area contributed by atoms with Gasteiger partial charge in [-0.3, -0.25) is 9.69 Å². The molecule has 0 unspecified atom stereocenters. The van der Waals surface area contributed by atoms with Gasteiger partial charge in [0.15, 0.2) is 0 Å². The van der Waals surface area contributed by atoms with Crippen LogP contribution in [0.3, 0.4) is 0 Å². The topological polar surface area (TPSA) is 60.9 Å². The van der Waals surface area contributed by atoms with E-state index in [0.717, 1.165) is 18.7 Å². The van der Waals surface area contributed by atoms with E-state index in [-0.39, 0.29) is 11.9 Å². The maximum atomic E-state index is 13.0. The molecule has 6 nitrogen and oxygen atoms in total. The van der Waals surface area contributed by atoms with Crippen LogP contribution in [0.2, 0.25) is 0 Å². The molecule has 2 aliphatic rings. The molecule has 1 aromatic carbocycles. The normalized spacial score (nSPS) is 26.2. The summed E-state index contributed by atoms with van der Waals surface area (Å²) in [6, 6.07) is 6.78. The number of rotatable bonds is 4. The number of hydrogen-bond donors (Lipinski definition) is 0. The number of aryl methyl sites for hydroxylation is 1. The van der Waals surface area contributed by atoms with Crippen LogP contribution in [-0.4, -0.2) is 73.7 Å². The zero-order valence-corrected chi connectivity index (χ0v) is 18.3. The number of piperidine rings is 1. The smallest absolute Gasteiger partial charge is 0.243 e. The molecule has 0 saturated carbocycles. The van der Waals surface area contributed by atoms with Gasteiger partial charge >= 0.3 is 0 Å². The van der Waals surface area contributed by atoms with Gasteiger partial charge < -0.3 is 4.90 Å². The molecule has 3 rings (SSSR count). The molecule has 2 aliphatic heterocycles. The Balaban J connectivity index is 1.60. The van der Waals surface area contributed by atoms with Crippen molar-refractivity contribution in [2.45, 2.75) is 45.1 Å². The molecular weight excluding hydrogens is 374 g/mol. The molecule has 0 radical (unpaired) electrons. The Morgan fingerprint density at radius 3 is 2.07 bits per heavy atom. The third-order valence-electron chi connectivity index (χ3n) is 6.02. The molecule has 0 spiro atoms. The predicted molar refractivity (Wildman–Crippen MR) is 110 cm³/mol. The van der Waals surface area contributed by atoms with Gasteiger partial charge in [-0.2, -0.15) is 4.31 Å². The van der Waals surface area contributed by atoms with Crippen LogP contribution in [0, 0.1) is 18.8 Å². The Morgan fingerprint density at radius 2 is 1.54 bits per heavy atom. The van der Waals surface area contributed by atoms with Crippen molar-refractivity contribution in [2.75, 3.05) is 39.3 Å². The Hall–Kier alpha value is -1.44. The largest absolute Gasteiger partial charge is 0.341 e. The molecular formula is C21H33N3O3S. The number of amides is 1. The van der Waals surface area contributed by atoms with Gasteiger partial charge in [-0.25, -0.2) is 8.42 Å². The highest BCUT2D eigenvalue weighted by Crippen LogP contribution is 2.23. The fourth-order valence-corrected chi connectivity index (χ4v) is 5.88. The van der Waals surface area contributed by atoms with Gasteiger partial charge in [-0.15, -0.1) is 0 Å². The molecule has 1 aromatic rings. The third-order valence-corrected chi connectivity index (χ3v) is 7.93. The molecule has 3 atom stereocenters. The van der Waals surface area contributed by atoms with Crippen LogP contribution < -0.4 is 0 Å². The lowest BCUT2D eigenvalue weighted by atomic mass is 9.91. The van der Waals surface area contributed by atoms with E-state index in [2.05, 4.69) is 18.7 Å². The van der Waals surface area contributed by atoms with Crippen molar-refractivity contribution in [3.05, 3.63) is 29.8 Å². The summed E-state index contributed by atoms with van der Waals surface area (Å²) in [6.45, 7) is 12.0. The van der Waals surface area contributed by atoms with E-state index in [1.165, 1.54) is 10.7 Å². The lowest BCUT2D eigenvalue weighted by Crippen LogP contribution is -2.56. The molecule has 2 fully saturated rings. The Labute approximate surface area is 169 Å². The highest BCUT2D eigenvalue weighted by atomic mass is 32.2. The molecule has 28 heavy (non-hydrogen) atoms. The number of hydrogen-bond acceptors (Lipinski definition) is 4. The van der Waals surface area contributed by atoms with Gasteiger partial charge in [0.25, 0.3) is 0 Å². The molecule has 7 heteroatoms. The van der Waals surface area contributed by atoms with Crippen LogP contribution in [0.1, 0.15) is 32.8 Å². The van der Waals surface area contributed by atoms with Crippen molar-refractivity contribution >= 4 is 15.9 Å². The molecule has 2 saturated heterocycles. The van der Waals surface area contributed by atoms with Crippen molar-refractivity contribution in [2.24, 2.45) is 11.8 Å². The summed E-state index contributed by atoms with van der Waals surface area (Å²) < 4.78 is 27.3. The van der Waals surface area contributed by atoms with E-state index >= 15 is 0 Å². The Kier molecular flexibility index (Phi) is 6.47. The van der Waals surface area contributed by atoms with Crippen molar-refractivity contribution in [3.63, 3.8) is 0 Å². The van der Waals surface area contributed by atoms with Crippen LogP contribution in [0.25, 0.3) is 0 Å². The quantitative estimate of drug-likeness (QED) is 0.768. The second kappa shape index (κ2) is 8.51. The summed E-state index contributed by atoms with van der Waals surface area (Å²) >= 11 is 0. The summed E-state index contributed by atoms with van der Waals surface area (Å²) in [7, 11) is -3.47. The average molecular weight is 408 g/mol. The van der Waals surface area contributed by atoms with E-state index in [1.807, 2.05) is 30.9 Å². The molecule has 156 valence electrons. The Morgan fingerprint density at radius 1 is 1.00 bits per heavy atom. The SMILES string of the molecule is Cc1ccc(S(=O)(=O)N2CCN([C@H](C)C(=O)N3C[C@@H](C)C[C@H](C)C3)CC2)cc1. The monoisotopic (exact) mass is 407 g/mol. The summed E-state index contributed by atoms with van der Waals surface area (Å²) in [6.07, 6.45) is 1.17. The van der Waals surface area contributed by atoms with Gasteiger partial charge in [0, 0.05) is 39.3 Å². The number of carbonyl (C=O) groups is 1. The van der Waals surface area contributed by atoms with Crippen LogP contribution in [-0.2, 0) is 14.8 Å². The van der Waals surface area contributed by atoms with E-state index < -0.39 is 10.0 Å². The standard InChI is InChI=1S/C21H33N3O3S/c1-16-5-7-20(8-6-16)28(26,27)24-11-9-22(10-12-24)19(4)21(25)23-14-17(2)13-18(3)15-23/h5-8,17-19H,9-15H2,1-4H3/t17-,18-,19+/m0/s1. The van der Waals surface area contributed by atoms with E-state index in [4.69, 9.17) is 0 Å².